The van der Waals surface area contributed by atoms with Gasteiger partial charge in [0, 0.05) is 0 Å². The summed E-state index contributed by atoms with van der Waals surface area (Å²) in [6.07, 6.45) is 6.08. The molecule has 1 aromatic carbocycles. The monoisotopic (exact) mass is 172 g/mol. The highest BCUT2D eigenvalue weighted by Crippen LogP contribution is 2.14. The van der Waals surface area contributed by atoms with Crippen molar-refractivity contribution in [3.63, 3.8) is 0 Å². The van der Waals surface area contributed by atoms with Gasteiger partial charge in [0.25, 0.3) is 0 Å². The number of aldehydes is 1. The van der Waals surface area contributed by atoms with Crippen molar-refractivity contribution < 1.29 is 4.79 Å². The molecule has 0 bridgehead atoms. The van der Waals surface area contributed by atoms with Crippen molar-refractivity contribution in [2.24, 2.45) is 0 Å². The molecule has 0 saturated heterocycles. The fourth-order valence-electron chi connectivity index (χ4n) is 1.13. The summed E-state index contributed by atoms with van der Waals surface area (Å²) < 4.78 is 0. The summed E-state index contributed by atoms with van der Waals surface area (Å²) in [5, 5.41) is 0. The zero-order valence-corrected chi connectivity index (χ0v) is 7.60. The van der Waals surface area contributed by atoms with Crippen molar-refractivity contribution in [2.45, 2.75) is 6.92 Å². The minimum Gasteiger partial charge on any atom is -0.299 e. The lowest BCUT2D eigenvalue weighted by molar-refractivity contribution is -0.104. The van der Waals surface area contributed by atoms with Crippen molar-refractivity contribution in [1.82, 2.24) is 0 Å². The summed E-state index contributed by atoms with van der Waals surface area (Å²) in [6.45, 7) is 1.96. The van der Waals surface area contributed by atoms with Gasteiger partial charge in [0.1, 0.15) is 6.29 Å². The summed E-state index contributed by atoms with van der Waals surface area (Å²) >= 11 is 0. The van der Waals surface area contributed by atoms with Crippen LogP contribution in [0.25, 0.3) is 5.57 Å². The normalized spacial score (nSPS) is 11.9. The Balaban J connectivity index is 2.92. The fraction of sp³-hybridized carbons (Fsp3) is 0.0833. The topological polar surface area (TPSA) is 17.1 Å². The van der Waals surface area contributed by atoms with Gasteiger partial charge in [-0.25, -0.2) is 0 Å². The first-order valence-corrected chi connectivity index (χ1v) is 4.22. The smallest absolute Gasteiger partial charge is 0.142 e. The van der Waals surface area contributed by atoms with Gasteiger partial charge in [-0.15, -0.1) is 0 Å². The Morgan fingerprint density at radius 2 is 1.92 bits per heavy atom. The standard InChI is InChI=1S/C12H12O/c1-2-11(9-6-10-13)12-7-4-3-5-8-12/h2-10H,1H3. The Hall–Kier alpha value is -1.63. The molecule has 0 heterocycles. The highest BCUT2D eigenvalue weighted by molar-refractivity contribution is 5.79. The predicted octanol–water partition coefficient (Wildman–Crippen LogP) is 2.85. The first kappa shape index (κ1) is 9.46. The molecule has 0 spiro atoms. The van der Waals surface area contributed by atoms with Gasteiger partial charge in [0.2, 0.25) is 0 Å². The molecule has 66 valence electrons. The Labute approximate surface area is 78.4 Å². The second-order valence-corrected chi connectivity index (χ2v) is 2.61. The van der Waals surface area contributed by atoms with E-state index in [4.69, 9.17) is 0 Å². The van der Waals surface area contributed by atoms with Gasteiger partial charge < -0.3 is 0 Å². The van der Waals surface area contributed by atoms with Crippen molar-refractivity contribution >= 4 is 11.9 Å². The van der Waals surface area contributed by atoms with Gasteiger partial charge in [0.05, 0.1) is 0 Å². The van der Waals surface area contributed by atoms with Crippen LogP contribution in [0.5, 0.6) is 0 Å². The predicted molar refractivity (Wildman–Crippen MR) is 55.3 cm³/mol. The van der Waals surface area contributed by atoms with Crippen LogP contribution in [0.4, 0.5) is 0 Å². The minimum atomic E-state index is 0.784. The molecular formula is C12H12O. The molecule has 0 unspecified atom stereocenters. The number of carbonyl (C=O) groups is 1. The molecule has 0 amide bonds. The maximum atomic E-state index is 10.1. The van der Waals surface area contributed by atoms with E-state index in [9.17, 15) is 4.79 Å². The second-order valence-electron chi connectivity index (χ2n) is 2.61. The number of carbonyl (C=O) groups excluding carboxylic acids is 1. The number of allylic oxidation sites excluding steroid dienone is 4. The molecular weight excluding hydrogens is 160 g/mol. The van der Waals surface area contributed by atoms with Crippen LogP contribution in [0, 0.1) is 0 Å². The number of hydrogen-bond acceptors (Lipinski definition) is 1. The molecule has 1 rings (SSSR count). The lowest BCUT2D eigenvalue weighted by Crippen LogP contribution is -1.78. The molecule has 1 heteroatoms. The molecule has 0 aliphatic rings. The molecule has 0 aromatic heterocycles. The van der Waals surface area contributed by atoms with Crippen LogP contribution in [0.2, 0.25) is 0 Å². The van der Waals surface area contributed by atoms with E-state index in [1.807, 2.05) is 49.4 Å². The maximum Gasteiger partial charge on any atom is 0.142 e. The highest BCUT2D eigenvalue weighted by atomic mass is 16.1. The van der Waals surface area contributed by atoms with E-state index in [2.05, 4.69) is 0 Å². The van der Waals surface area contributed by atoms with Crippen LogP contribution in [0.15, 0.2) is 48.6 Å². The van der Waals surface area contributed by atoms with Crippen LogP contribution >= 0.6 is 0 Å². The molecule has 0 saturated carbocycles. The molecule has 0 fully saturated rings. The third-order valence-corrected chi connectivity index (χ3v) is 1.77. The maximum absolute atomic E-state index is 10.1. The summed E-state index contributed by atoms with van der Waals surface area (Å²) in [5.74, 6) is 0. The molecule has 0 aliphatic heterocycles. The number of rotatable bonds is 3. The molecule has 0 atom stereocenters. The quantitative estimate of drug-likeness (QED) is 0.389. The van der Waals surface area contributed by atoms with Crippen molar-refractivity contribution in [3.8, 4) is 0 Å². The SMILES string of the molecule is CC=C(C=CC=O)c1ccccc1. The van der Waals surface area contributed by atoms with Crippen LogP contribution in [0.1, 0.15) is 12.5 Å². The lowest BCUT2D eigenvalue weighted by Gasteiger charge is -1.99. The van der Waals surface area contributed by atoms with Crippen LogP contribution < -0.4 is 0 Å². The number of benzene rings is 1. The third-order valence-electron chi connectivity index (χ3n) is 1.77. The first-order valence-electron chi connectivity index (χ1n) is 4.22. The van der Waals surface area contributed by atoms with Gasteiger partial charge in [-0.3, -0.25) is 4.79 Å². The van der Waals surface area contributed by atoms with Crippen LogP contribution in [-0.2, 0) is 4.79 Å². The van der Waals surface area contributed by atoms with Gasteiger partial charge in [-0.2, -0.15) is 0 Å². The second kappa shape index (κ2) is 5.09. The van der Waals surface area contributed by atoms with E-state index in [1.165, 1.54) is 6.08 Å². The molecule has 1 aromatic rings. The van der Waals surface area contributed by atoms with E-state index >= 15 is 0 Å². The minimum absolute atomic E-state index is 0.784. The first-order chi connectivity index (χ1) is 6.38. The van der Waals surface area contributed by atoms with Crippen LogP contribution in [0.3, 0.4) is 0 Å². The lowest BCUT2D eigenvalue weighted by atomic mass is 10.1. The molecule has 1 nitrogen and oxygen atoms in total. The summed E-state index contributed by atoms with van der Waals surface area (Å²) in [7, 11) is 0. The van der Waals surface area contributed by atoms with Gasteiger partial charge in [-0.1, -0.05) is 42.5 Å². The van der Waals surface area contributed by atoms with Crippen molar-refractivity contribution in [3.05, 3.63) is 54.1 Å². The largest absolute Gasteiger partial charge is 0.299 e. The summed E-state index contributed by atoms with van der Waals surface area (Å²) in [4.78, 5) is 10.1. The van der Waals surface area contributed by atoms with E-state index in [0.29, 0.717) is 0 Å². The molecule has 0 N–H and O–H groups in total. The zero-order chi connectivity index (χ0) is 9.52. The average molecular weight is 172 g/mol. The van der Waals surface area contributed by atoms with Crippen molar-refractivity contribution in [1.29, 1.82) is 0 Å². The molecule has 13 heavy (non-hydrogen) atoms. The zero-order valence-electron chi connectivity index (χ0n) is 7.60. The Morgan fingerprint density at radius 3 is 2.46 bits per heavy atom. The van der Waals surface area contributed by atoms with Gasteiger partial charge in [-0.05, 0) is 24.1 Å². The van der Waals surface area contributed by atoms with E-state index in [-0.39, 0.29) is 0 Å². The fourth-order valence-corrected chi connectivity index (χ4v) is 1.13. The highest BCUT2D eigenvalue weighted by Gasteiger charge is 1.93. The van der Waals surface area contributed by atoms with Crippen molar-refractivity contribution in [2.75, 3.05) is 0 Å². The molecule has 0 aliphatic carbocycles. The summed E-state index contributed by atoms with van der Waals surface area (Å²) in [5.41, 5.74) is 2.19. The Bertz CT molecular complexity index is 320. The Kier molecular flexibility index (Phi) is 3.71. The van der Waals surface area contributed by atoms with Gasteiger partial charge >= 0.3 is 0 Å². The third kappa shape index (κ3) is 2.71. The number of hydrogen-bond donors (Lipinski definition) is 0. The van der Waals surface area contributed by atoms with E-state index in [1.54, 1.807) is 0 Å². The van der Waals surface area contributed by atoms with E-state index < -0.39 is 0 Å². The molecule has 0 radical (unpaired) electrons. The van der Waals surface area contributed by atoms with Crippen LogP contribution in [-0.4, -0.2) is 6.29 Å². The Morgan fingerprint density at radius 1 is 1.23 bits per heavy atom. The van der Waals surface area contributed by atoms with Gasteiger partial charge in [0.15, 0.2) is 0 Å². The average Bonchev–Trinajstić information content (AvgIpc) is 2.21. The summed E-state index contributed by atoms with van der Waals surface area (Å²) in [6, 6.07) is 9.97. The van der Waals surface area contributed by atoms with E-state index in [0.717, 1.165) is 17.4 Å².